The van der Waals surface area contributed by atoms with Gasteiger partial charge in [0.15, 0.2) is 0 Å². The molecule has 1 atom stereocenters. The van der Waals surface area contributed by atoms with E-state index in [9.17, 15) is 4.79 Å². The Hall–Kier alpha value is -1.20. The second-order valence-corrected chi connectivity index (χ2v) is 8.74. The van der Waals surface area contributed by atoms with E-state index in [0.29, 0.717) is 19.7 Å². The highest BCUT2D eigenvalue weighted by molar-refractivity contribution is 8.04. The van der Waals surface area contributed by atoms with Crippen LogP contribution >= 0.6 is 11.8 Å². The lowest BCUT2D eigenvalue weighted by molar-refractivity contribution is 0.0248. The Kier molecular flexibility index (Phi) is 28.1. The van der Waals surface area contributed by atoms with Crippen LogP contribution < -0.4 is 0 Å². The van der Waals surface area contributed by atoms with Crippen molar-refractivity contribution in [1.82, 2.24) is 4.90 Å². The van der Waals surface area contributed by atoms with Crippen molar-refractivity contribution in [3.05, 3.63) is 35.8 Å². The summed E-state index contributed by atoms with van der Waals surface area (Å²) in [4.78, 5) is 15.2. The molecular weight excluding hydrogens is 406 g/mol. The van der Waals surface area contributed by atoms with Gasteiger partial charge in [0.1, 0.15) is 5.60 Å². The van der Waals surface area contributed by atoms with Crippen molar-refractivity contribution in [2.45, 2.75) is 99.9 Å². The van der Waals surface area contributed by atoms with Gasteiger partial charge in [0, 0.05) is 29.9 Å². The van der Waals surface area contributed by atoms with E-state index in [1.807, 2.05) is 88.3 Å². The topological polar surface area (TPSA) is 38.8 Å². The van der Waals surface area contributed by atoms with Crippen LogP contribution in [0.15, 0.2) is 35.8 Å². The molecule has 0 N–H and O–H groups in total. The summed E-state index contributed by atoms with van der Waals surface area (Å²) in [6.45, 7) is 29.4. The average molecular weight is 460 g/mol. The van der Waals surface area contributed by atoms with E-state index in [1.54, 1.807) is 29.8 Å². The van der Waals surface area contributed by atoms with Gasteiger partial charge in [-0.1, -0.05) is 66.3 Å². The average Bonchev–Trinajstić information content (AvgIpc) is 2.75. The van der Waals surface area contributed by atoms with Crippen molar-refractivity contribution >= 4 is 17.9 Å². The summed E-state index contributed by atoms with van der Waals surface area (Å²) >= 11 is 1.76. The summed E-state index contributed by atoms with van der Waals surface area (Å²) in [6.07, 6.45) is 8.34. The molecule has 0 saturated heterocycles. The zero-order valence-corrected chi connectivity index (χ0v) is 23.7. The van der Waals surface area contributed by atoms with Gasteiger partial charge in [-0.25, -0.2) is 4.79 Å². The minimum absolute atomic E-state index is 0.141. The Labute approximate surface area is 199 Å². The summed E-state index contributed by atoms with van der Waals surface area (Å²) < 4.78 is 10.8. The second kappa shape index (κ2) is 23.5. The van der Waals surface area contributed by atoms with Crippen LogP contribution in [0.2, 0.25) is 0 Å². The molecule has 0 aromatic rings. The van der Waals surface area contributed by atoms with Crippen molar-refractivity contribution in [2.75, 3.05) is 26.8 Å². The van der Waals surface area contributed by atoms with Crippen LogP contribution in [0, 0.1) is 0 Å². The minimum Gasteiger partial charge on any atom is -0.444 e. The molecule has 0 rings (SSSR count). The summed E-state index contributed by atoms with van der Waals surface area (Å²) in [5, 5.41) is 0. The lowest BCUT2D eigenvalue weighted by Crippen LogP contribution is -2.40. The summed E-state index contributed by atoms with van der Waals surface area (Å²) in [5.41, 5.74) is -0.483. The van der Waals surface area contributed by atoms with Gasteiger partial charge in [-0.3, -0.25) is 0 Å². The van der Waals surface area contributed by atoms with Crippen LogP contribution in [0.25, 0.3) is 0 Å². The molecule has 0 bridgehead atoms. The summed E-state index contributed by atoms with van der Waals surface area (Å²) in [6, 6.07) is 0. The van der Waals surface area contributed by atoms with Crippen molar-refractivity contribution < 1.29 is 14.3 Å². The fourth-order valence-corrected chi connectivity index (χ4v) is 3.37. The zero-order valence-electron chi connectivity index (χ0n) is 22.9. The fraction of sp³-hybridized carbons (Fsp3) is 0.731. The molecule has 0 heterocycles. The van der Waals surface area contributed by atoms with Gasteiger partial charge in [-0.2, -0.15) is 0 Å². The number of rotatable bonds is 10. The van der Waals surface area contributed by atoms with E-state index in [0.717, 1.165) is 11.3 Å². The molecule has 0 aliphatic rings. The monoisotopic (exact) mass is 459 g/mol. The number of allylic oxidation sites excluding steroid dienone is 4. The molecule has 0 radical (unpaired) electrons. The van der Waals surface area contributed by atoms with Crippen molar-refractivity contribution in [1.29, 1.82) is 0 Å². The molecular formula is C26H53NO3S. The van der Waals surface area contributed by atoms with Crippen molar-refractivity contribution in [3.63, 3.8) is 0 Å². The highest BCUT2D eigenvalue weighted by Crippen LogP contribution is 2.36. The van der Waals surface area contributed by atoms with E-state index in [4.69, 9.17) is 9.47 Å². The number of thioether (sulfide) groups is 1. The van der Waals surface area contributed by atoms with Gasteiger partial charge >= 0.3 is 6.09 Å². The number of nitrogens with zero attached hydrogens (tertiary/aromatic N) is 1. The van der Waals surface area contributed by atoms with Gasteiger partial charge in [0.05, 0.1) is 6.61 Å². The number of ether oxygens (including phenoxy) is 2. The third kappa shape index (κ3) is 21.8. The van der Waals surface area contributed by atoms with Gasteiger partial charge in [0.2, 0.25) is 0 Å². The van der Waals surface area contributed by atoms with Crippen LogP contribution in [0.1, 0.15) is 89.5 Å². The molecule has 4 nitrogen and oxygen atoms in total. The molecule has 1 unspecified atom stereocenters. The Bertz CT molecular complexity index is 482. The highest BCUT2D eigenvalue weighted by Gasteiger charge is 2.29. The predicted molar refractivity (Wildman–Crippen MR) is 143 cm³/mol. The van der Waals surface area contributed by atoms with Crippen molar-refractivity contribution in [3.8, 4) is 0 Å². The smallest absolute Gasteiger partial charge is 0.410 e. The predicted octanol–water partition coefficient (Wildman–Crippen LogP) is 8.50. The SMILES string of the molecule is C=C/C=C\C(=C/C)SC(C)(CCN(CC)C(=O)OC(C)(C)C)COC.CC.CC.CC. The van der Waals surface area contributed by atoms with Crippen molar-refractivity contribution in [2.24, 2.45) is 0 Å². The van der Waals surface area contributed by atoms with Crippen LogP contribution in [0.5, 0.6) is 0 Å². The Morgan fingerprint density at radius 1 is 1.06 bits per heavy atom. The molecule has 0 saturated carbocycles. The quantitative estimate of drug-likeness (QED) is 0.307. The largest absolute Gasteiger partial charge is 0.444 e. The fourth-order valence-electron chi connectivity index (χ4n) is 2.17. The molecule has 0 aromatic carbocycles. The Morgan fingerprint density at radius 3 is 1.94 bits per heavy atom. The molecule has 186 valence electrons. The van der Waals surface area contributed by atoms with Crippen LogP contribution in [-0.4, -0.2) is 48.1 Å². The Balaban J connectivity index is -0.000000554. The van der Waals surface area contributed by atoms with E-state index >= 15 is 0 Å². The zero-order chi connectivity index (χ0) is 25.5. The Morgan fingerprint density at radius 2 is 1.58 bits per heavy atom. The molecule has 31 heavy (non-hydrogen) atoms. The maximum absolute atomic E-state index is 12.3. The third-order valence-electron chi connectivity index (χ3n) is 3.44. The van der Waals surface area contributed by atoms with Crippen LogP contribution in [-0.2, 0) is 9.47 Å². The first-order valence-electron chi connectivity index (χ1n) is 11.7. The first kappa shape index (κ1) is 37.1. The number of methoxy groups -OCH3 is 1. The molecule has 0 aliphatic carbocycles. The van der Waals surface area contributed by atoms with E-state index in [1.165, 1.54) is 0 Å². The number of carbonyl (C=O) groups excluding carboxylic acids is 1. The number of amides is 1. The van der Waals surface area contributed by atoms with Gasteiger partial charge in [-0.15, -0.1) is 11.8 Å². The normalized spacial score (nSPS) is 12.7. The van der Waals surface area contributed by atoms with Gasteiger partial charge < -0.3 is 14.4 Å². The second-order valence-electron chi connectivity index (χ2n) is 7.08. The van der Waals surface area contributed by atoms with E-state index < -0.39 is 5.60 Å². The van der Waals surface area contributed by atoms with Crippen LogP contribution in [0.4, 0.5) is 4.79 Å². The highest BCUT2D eigenvalue weighted by atomic mass is 32.2. The molecule has 5 heteroatoms. The van der Waals surface area contributed by atoms with Gasteiger partial charge in [-0.05, 0) is 54.0 Å². The number of carbonyl (C=O) groups is 1. The third-order valence-corrected chi connectivity index (χ3v) is 4.86. The molecule has 0 aliphatic heterocycles. The maximum Gasteiger partial charge on any atom is 0.410 e. The lowest BCUT2D eigenvalue weighted by atomic mass is 10.1. The maximum atomic E-state index is 12.3. The van der Waals surface area contributed by atoms with Gasteiger partial charge in [0.25, 0.3) is 0 Å². The summed E-state index contributed by atoms with van der Waals surface area (Å²) in [7, 11) is 1.71. The van der Waals surface area contributed by atoms with E-state index in [2.05, 4.69) is 19.6 Å². The molecule has 0 aromatic heterocycles. The first-order chi connectivity index (χ1) is 14.6. The minimum atomic E-state index is -0.483. The molecule has 1 amide bonds. The molecule has 0 fully saturated rings. The summed E-state index contributed by atoms with van der Waals surface area (Å²) in [5.74, 6) is 0. The number of hydrogen-bond acceptors (Lipinski definition) is 4. The standard InChI is InChI=1S/C20H35NO3S.3C2H6/c1-9-12-13-17(10-2)25-20(7,16-23-8)14-15-21(11-3)18(22)24-19(4,5)6;3*1-2/h9-10,12-13H,1,11,14-16H2,2-8H3;3*1-2H3/b13-12-,17-10+;;;. The number of hydrogen-bond donors (Lipinski definition) is 0. The van der Waals surface area contributed by atoms with Crippen LogP contribution in [0.3, 0.4) is 0 Å². The first-order valence-corrected chi connectivity index (χ1v) is 12.5. The van der Waals surface area contributed by atoms with E-state index in [-0.39, 0.29) is 10.8 Å². The molecule has 0 spiro atoms. The lowest BCUT2D eigenvalue weighted by Gasteiger charge is -2.32.